The molecule has 88 valence electrons. The van der Waals surface area contributed by atoms with Crippen LogP contribution < -0.4 is 10.5 Å². The first-order chi connectivity index (χ1) is 8.19. The van der Waals surface area contributed by atoms with E-state index in [1.54, 1.807) is 24.9 Å². The minimum absolute atomic E-state index is 0.665. The molecule has 0 saturated carbocycles. The predicted molar refractivity (Wildman–Crippen MR) is 73.0 cm³/mol. The highest BCUT2D eigenvalue weighted by atomic mass is 35.5. The van der Waals surface area contributed by atoms with E-state index in [0.29, 0.717) is 10.7 Å². The molecule has 0 heterocycles. The molecule has 4 heteroatoms. The second-order valence-corrected chi connectivity index (χ2v) is 4.99. The van der Waals surface area contributed by atoms with E-state index in [4.69, 9.17) is 22.1 Å². The van der Waals surface area contributed by atoms with Gasteiger partial charge in [0, 0.05) is 15.5 Å². The molecule has 2 rings (SSSR count). The highest BCUT2D eigenvalue weighted by Crippen LogP contribution is 2.35. The van der Waals surface area contributed by atoms with Gasteiger partial charge in [-0.1, -0.05) is 29.4 Å². The highest BCUT2D eigenvalue weighted by molar-refractivity contribution is 7.99. The largest absolute Gasteiger partial charge is 0.497 e. The third-order valence-electron chi connectivity index (χ3n) is 2.22. The smallest absolute Gasteiger partial charge is 0.119 e. The number of nitrogen functional groups attached to an aromatic ring is 1. The summed E-state index contributed by atoms with van der Waals surface area (Å²) >= 11 is 7.71. The van der Waals surface area contributed by atoms with Crippen LogP contribution in [0, 0.1) is 0 Å². The quantitative estimate of drug-likeness (QED) is 0.850. The number of methoxy groups -OCH3 is 1. The minimum Gasteiger partial charge on any atom is -0.497 e. The van der Waals surface area contributed by atoms with Crippen LogP contribution >= 0.6 is 23.4 Å². The molecule has 0 amide bonds. The van der Waals surface area contributed by atoms with Gasteiger partial charge in [-0.3, -0.25) is 0 Å². The third-order valence-corrected chi connectivity index (χ3v) is 3.72. The van der Waals surface area contributed by atoms with E-state index in [1.807, 2.05) is 36.4 Å². The molecule has 2 N–H and O–H groups in total. The molecule has 17 heavy (non-hydrogen) atoms. The van der Waals surface area contributed by atoms with E-state index in [1.165, 1.54) is 0 Å². The van der Waals surface area contributed by atoms with Crippen molar-refractivity contribution in [3.8, 4) is 5.75 Å². The Kier molecular flexibility index (Phi) is 3.82. The van der Waals surface area contributed by atoms with Crippen molar-refractivity contribution >= 4 is 29.1 Å². The van der Waals surface area contributed by atoms with Crippen molar-refractivity contribution in [3.63, 3.8) is 0 Å². The zero-order chi connectivity index (χ0) is 12.3. The van der Waals surface area contributed by atoms with E-state index in [2.05, 4.69) is 0 Å². The minimum atomic E-state index is 0.665. The summed E-state index contributed by atoms with van der Waals surface area (Å²) in [5, 5.41) is 0.665. The first kappa shape index (κ1) is 12.1. The number of hydrogen-bond donors (Lipinski definition) is 1. The van der Waals surface area contributed by atoms with E-state index in [-0.39, 0.29) is 0 Å². The summed E-state index contributed by atoms with van der Waals surface area (Å²) in [6, 6.07) is 13.4. The molecule has 0 unspecified atom stereocenters. The third kappa shape index (κ3) is 3.08. The van der Waals surface area contributed by atoms with Crippen LogP contribution in [0.5, 0.6) is 5.75 Å². The molecule has 0 aliphatic carbocycles. The Morgan fingerprint density at radius 1 is 1.18 bits per heavy atom. The van der Waals surface area contributed by atoms with Gasteiger partial charge in [0.25, 0.3) is 0 Å². The molecular formula is C13H12ClNOS. The SMILES string of the molecule is COc1cccc(Sc2ccc(N)cc2Cl)c1. The molecule has 0 saturated heterocycles. The van der Waals surface area contributed by atoms with E-state index in [0.717, 1.165) is 15.5 Å². The van der Waals surface area contributed by atoms with E-state index >= 15 is 0 Å². The lowest BCUT2D eigenvalue weighted by molar-refractivity contribution is 0.413. The molecule has 0 atom stereocenters. The maximum atomic E-state index is 6.12. The monoisotopic (exact) mass is 265 g/mol. The summed E-state index contributed by atoms with van der Waals surface area (Å²) in [7, 11) is 1.65. The standard InChI is InChI=1S/C13H12ClNOS/c1-16-10-3-2-4-11(8-10)17-13-6-5-9(15)7-12(13)14/h2-8H,15H2,1H3. The van der Waals surface area contributed by atoms with Gasteiger partial charge >= 0.3 is 0 Å². The lowest BCUT2D eigenvalue weighted by Gasteiger charge is -2.06. The fourth-order valence-electron chi connectivity index (χ4n) is 1.39. The zero-order valence-corrected chi connectivity index (χ0v) is 10.9. The number of rotatable bonds is 3. The van der Waals surface area contributed by atoms with E-state index < -0.39 is 0 Å². The number of nitrogens with two attached hydrogens (primary N) is 1. The number of ether oxygens (including phenoxy) is 1. The molecule has 0 bridgehead atoms. The summed E-state index contributed by atoms with van der Waals surface area (Å²) < 4.78 is 5.18. The Hall–Kier alpha value is -1.32. The van der Waals surface area contributed by atoms with Gasteiger partial charge in [0.2, 0.25) is 0 Å². The molecular weight excluding hydrogens is 254 g/mol. The Morgan fingerprint density at radius 3 is 2.71 bits per heavy atom. The first-order valence-electron chi connectivity index (χ1n) is 5.06. The maximum absolute atomic E-state index is 6.12. The van der Waals surface area contributed by atoms with Crippen LogP contribution in [0.4, 0.5) is 5.69 Å². The molecule has 0 aliphatic rings. The average Bonchev–Trinajstić information content (AvgIpc) is 2.33. The van der Waals surface area contributed by atoms with Gasteiger partial charge < -0.3 is 10.5 Å². The Bertz CT molecular complexity index is 531. The molecule has 0 aromatic heterocycles. The van der Waals surface area contributed by atoms with Crippen LogP contribution in [-0.2, 0) is 0 Å². The molecule has 0 radical (unpaired) electrons. The van der Waals surface area contributed by atoms with Crippen LogP contribution in [0.15, 0.2) is 52.3 Å². The Morgan fingerprint density at radius 2 is 2.00 bits per heavy atom. The van der Waals surface area contributed by atoms with Crippen molar-refractivity contribution in [1.29, 1.82) is 0 Å². The van der Waals surface area contributed by atoms with Crippen LogP contribution in [0.1, 0.15) is 0 Å². The molecule has 0 aliphatic heterocycles. The van der Waals surface area contributed by atoms with Gasteiger partial charge in [-0.25, -0.2) is 0 Å². The second kappa shape index (κ2) is 5.34. The number of benzene rings is 2. The lowest BCUT2D eigenvalue weighted by Crippen LogP contribution is -1.85. The molecule has 0 fully saturated rings. The Labute approximate surface area is 110 Å². The average molecular weight is 266 g/mol. The van der Waals surface area contributed by atoms with Crippen LogP contribution in [-0.4, -0.2) is 7.11 Å². The number of halogens is 1. The van der Waals surface area contributed by atoms with Crippen molar-refractivity contribution in [2.45, 2.75) is 9.79 Å². The van der Waals surface area contributed by atoms with Crippen molar-refractivity contribution in [3.05, 3.63) is 47.5 Å². The van der Waals surface area contributed by atoms with Crippen molar-refractivity contribution in [2.75, 3.05) is 12.8 Å². The zero-order valence-electron chi connectivity index (χ0n) is 9.31. The molecule has 2 nitrogen and oxygen atoms in total. The summed E-state index contributed by atoms with van der Waals surface area (Å²) in [5.74, 6) is 0.835. The van der Waals surface area contributed by atoms with Gasteiger partial charge in [-0.15, -0.1) is 0 Å². The molecule has 2 aromatic carbocycles. The fraction of sp³-hybridized carbons (Fsp3) is 0.0769. The number of anilines is 1. The summed E-state index contributed by atoms with van der Waals surface area (Å²) in [5.41, 5.74) is 6.32. The summed E-state index contributed by atoms with van der Waals surface area (Å²) in [4.78, 5) is 2.06. The topological polar surface area (TPSA) is 35.2 Å². The summed E-state index contributed by atoms with van der Waals surface area (Å²) in [6.45, 7) is 0. The molecule has 2 aromatic rings. The maximum Gasteiger partial charge on any atom is 0.119 e. The predicted octanol–water partition coefficient (Wildman–Crippen LogP) is 4.08. The van der Waals surface area contributed by atoms with Crippen molar-refractivity contribution in [1.82, 2.24) is 0 Å². The van der Waals surface area contributed by atoms with Gasteiger partial charge in [-0.05, 0) is 36.4 Å². The van der Waals surface area contributed by atoms with Gasteiger partial charge in [-0.2, -0.15) is 0 Å². The van der Waals surface area contributed by atoms with Crippen LogP contribution in [0.25, 0.3) is 0 Å². The summed E-state index contributed by atoms with van der Waals surface area (Å²) in [6.07, 6.45) is 0. The molecule has 0 spiro atoms. The van der Waals surface area contributed by atoms with Crippen LogP contribution in [0.3, 0.4) is 0 Å². The van der Waals surface area contributed by atoms with E-state index in [9.17, 15) is 0 Å². The van der Waals surface area contributed by atoms with Crippen LogP contribution in [0.2, 0.25) is 5.02 Å². The fourth-order valence-corrected chi connectivity index (χ4v) is 2.56. The van der Waals surface area contributed by atoms with Gasteiger partial charge in [0.15, 0.2) is 0 Å². The normalized spacial score (nSPS) is 10.2. The van der Waals surface area contributed by atoms with Gasteiger partial charge in [0.1, 0.15) is 5.75 Å². The van der Waals surface area contributed by atoms with Crippen molar-refractivity contribution < 1.29 is 4.74 Å². The highest BCUT2D eigenvalue weighted by Gasteiger charge is 2.04. The number of hydrogen-bond acceptors (Lipinski definition) is 3. The Balaban J connectivity index is 2.25. The second-order valence-electron chi connectivity index (χ2n) is 3.47. The van der Waals surface area contributed by atoms with Gasteiger partial charge in [0.05, 0.1) is 12.1 Å². The first-order valence-corrected chi connectivity index (χ1v) is 6.25. The lowest BCUT2D eigenvalue weighted by atomic mass is 10.3. The van der Waals surface area contributed by atoms with Crippen molar-refractivity contribution in [2.24, 2.45) is 0 Å².